The lowest BCUT2D eigenvalue weighted by Gasteiger charge is -2.24. The van der Waals surface area contributed by atoms with E-state index < -0.39 is 0 Å². The van der Waals surface area contributed by atoms with Crippen molar-refractivity contribution in [2.24, 2.45) is 5.92 Å². The third-order valence-corrected chi connectivity index (χ3v) is 6.67. The van der Waals surface area contributed by atoms with Crippen LogP contribution < -0.4 is 14.8 Å². The van der Waals surface area contributed by atoms with Crippen molar-refractivity contribution in [2.75, 3.05) is 13.2 Å². The van der Waals surface area contributed by atoms with Gasteiger partial charge in [-0.3, -0.25) is 9.59 Å². The van der Waals surface area contributed by atoms with Crippen molar-refractivity contribution in [3.8, 4) is 17.2 Å². The lowest BCUT2D eigenvalue weighted by molar-refractivity contribution is -0.112. The Hall–Kier alpha value is -2.18. The van der Waals surface area contributed by atoms with Gasteiger partial charge < -0.3 is 14.8 Å². The Kier molecular flexibility index (Phi) is 7.08. The van der Waals surface area contributed by atoms with Crippen molar-refractivity contribution < 1.29 is 19.1 Å². The maximum atomic E-state index is 12.4. The van der Waals surface area contributed by atoms with Crippen molar-refractivity contribution >= 4 is 35.3 Å². The molecule has 1 aliphatic heterocycles. The second-order valence-electron chi connectivity index (χ2n) is 8.17. The number of hydrogen-bond acceptors (Lipinski definition) is 4. The van der Waals surface area contributed by atoms with Gasteiger partial charge in [0.15, 0.2) is 5.12 Å². The lowest BCUT2D eigenvalue weighted by atomic mass is 9.94. The zero-order valence-corrected chi connectivity index (χ0v) is 18.9. The van der Waals surface area contributed by atoms with E-state index in [1.165, 1.54) is 25.7 Å². The van der Waals surface area contributed by atoms with Crippen LogP contribution in [0.5, 0.6) is 17.2 Å². The Morgan fingerprint density at radius 2 is 1.87 bits per heavy atom. The Balaban J connectivity index is 1.38. The molecule has 4 rings (SSSR count). The molecule has 1 aliphatic carbocycles. The van der Waals surface area contributed by atoms with Gasteiger partial charge in [0.25, 0.3) is 5.91 Å². The summed E-state index contributed by atoms with van der Waals surface area (Å²) in [7, 11) is 0. The predicted molar refractivity (Wildman–Crippen MR) is 124 cm³/mol. The largest absolute Gasteiger partial charge is 0.493 e. The van der Waals surface area contributed by atoms with Crippen molar-refractivity contribution in [1.29, 1.82) is 0 Å². The molecule has 5 nitrogen and oxygen atoms in total. The van der Waals surface area contributed by atoms with Crippen LogP contribution in [0.3, 0.4) is 0 Å². The van der Waals surface area contributed by atoms with Gasteiger partial charge in [-0.05, 0) is 49.1 Å². The maximum Gasteiger partial charge on any atom is 0.251 e. The molecular weight excluding hydrogens is 434 g/mol. The predicted octanol–water partition coefficient (Wildman–Crippen LogP) is 5.76. The topological polar surface area (TPSA) is 64.6 Å². The van der Waals surface area contributed by atoms with E-state index in [0.717, 1.165) is 17.9 Å². The van der Waals surface area contributed by atoms with Gasteiger partial charge in [-0.25, -0.2) is 0 Å². The molecule has 1 heterocycles. The summed E-state index contributed by atoms with van der Waals surface area (Å²) >= 11 is 10.4. The molecular formula is C24H26ClNO4S. The monoisotopic (exact) mass is 459 g/mol. The molecule has 2 aliphatic rings. The first kappa shape index (κ1) is 22.0. The standard InChI is InChI=1S/C24H26ClNO4S/c25-20-13-19-18(24(28)31)10-12-29-21(19)14-22(20)30-17-7-5-16(6-8-17)23(27)26-11-9-15-3-1-2-4-15/h5-8,13-15,18H,1-4,9-12H2,(H,26,27)(H,28,31). The molecule has 1 saturated carbocycles. The summed E-state index contributed by atoms with van der Waals surface area (Å²) in [6.07, 6.45) is 6.82. The molecule has 0 bridgehead atoms. The van der Waals surface area contributed by atoms with Gasteiger partial charge in [0.1, 0.15) is 17.2 Å². The Labute approximate surface area is 192 Å². The highest BCUT2D eigenvalue weighted by Crippen LogP contribution is 2.42. The van der Waals surface area contributed by atoms with Gasteiger partial charge in [0.05, 0.1) is 17.5 Å². The molecule has 7 heteroatoms. The number of amides is 1. The Morgan fingerprint density at radius 1 is 1.13 bits per heavy atom. The molecule has 31 heavy (non-hydrogen) atoms. The van der Waals surface area contributed by atoms with E-state index in [4.69, 9.17) is 21.1 Å². The molecule has 0 saturated heterocycles. The van der Waals surface area contributed by atoms with Gasteiger partial charge in [-0.1, -0.05) is 37.3 Å². The van der Waals surface area contributed by atoms with Crippen LogP contribution in [0.15, 0.2) is 36.4 Å². The average Bonchev–Trinajstić information content (AvgIpc) is 3.28. The highest BCUT2D eigenvalue weighted by molar-refractivity contribution is 7.96. The van der Waals surface area contributed by atoms with Crippen LogP contribution in [0.1, 0.15) is 60.4 Å². The third-order valence-electron chi connectivity index (χ3n) is 6.06. The molecule has 2 aromatic carbocycles. The number of nitrogens with one attached hydrogen (secondary N) is 1. The summed E-state index contributed by atoms with van der Waals surface area (Å²) in [6, 6.07) is 10.4. The summed E-state index contributed by atoms with van der Waals surface area (Å²) in [4.78, 5) is 24.1. The summed E-state index contributed by atoms with van der Waals surface area (Å²) in [5.74, 6) is 1.92. The van der Waals surface area contributed by atoms with E-state index in [2.05, 4.69) is 17.9 Å². The summed E-state index contributed by atoms with van der Waals surface area (Å²) in [5.41, 5.74) is 1.32. The van der Waals surface area contributed by atoms with Crippen LogP contribution in [-0.2, 0) is 4.79 Å². The number of carbonyl (C=O) groups is 2. The van der Waals surface area contributed by atoms with Gasteiger partial charge in [0.2, 0.25) is 0 Å². The third kappa shape index (κ3) is 5.36. The fourth-order valence-electron chi connectivity index (χ4n) is 4.32. The molecule has 164 valence electrons. The SMILES string of the molecule is O=C(NCCC1CCCC1)c1ccc(Oc2cc3c(cc2Cl)C(C(=O)S)CCO3)cc1. The van der Waals surface area contributed by atoms with Crippen LogP contribution in [-0.4, -0.2) is 24.2 Å². The molecule has 1 amide bonds. The fraction of sp³-hybridized carbons (Fsp3) is 0.417. The minimum atomic E-state index is -0.329. The van der Waals surface area contributed by atoms with Crippen LogP contribution in [0.4, 0.5) is 0 Å². The molecule has 0 radical (unpaired) electrons. The quantitative estimate of drug-likeness (QED) is 0.516. The summed E-state index contributed by atoms with van der Waals surface area (Å²) < 4.78 is 11.6. The number of rotatable bonds is 7. The van der Waals surface area contributed by atoms with Gasteiger partial charge in [0, 0.05) is 23.7 Å². The van der Waals surface area contributed by atoms with E-state index in [0.29, 0.717) is 47.4 Å². The van der Waals surface area contributed by atoms with Crippen LogP contribution >= 0.6 is 24.2 Å². The molecule has 1 atom stereocenters. The summed E-state index contributed by atoms with van der Waals surface area (Å²) in [5, 5.41) is 3.18. The first-order valence-corrected chi connectivity index (χ1v) is 11.6. The average molecular weight is 460 g/mol. The summed E-state index contributed by atoms with van der Waals surface area (Å²) in [6.45, 7) is 1.15. The number of ether oxygens (including phenoxy) is 2. The first-order chi connectivity index (χ1) is 15.0. The number of fused-ring (bicyclic) bond motifs is 1. The Bertz CT molecular complexity index is 957. The number of halogens is 1. The zero-order chi connectivity index (χ0) is 21.8. The van der Waals surface area contributed by atoms with Crippen molar-refractivity contribution in [3.05, 3.63) is 52.5 Å². The highest BCUT2D eigenvalue weighted by Gasteiger charge is 2.27. The number of benzene rings is 2. The zero-order valence-electron chi connectivity index (χ0n) is 17.2. The number of carbonyl (C=O) groups excluding carboxylic acids is 2. The molecule has 1 unspecified atom stereocenters. The van der Waals surface area contributed by atoms with Crippen molar-refractivity contribution in [1.82, 2.24) is 5.32 Å². The van der Waals surface area contributed by atoms with Crippen LogP contribution in [0.25, 0.3) is 0 Å². The van der Waals surface area contributed by atoms with Crippen molar-refractivity contribution in [3.63, 3.8) is 0 Å². The molecule has 1 N–H and O–H groups in total. The van der Waals surface area contributed by atoms with E-state index in [-0.39, 0.29) is 16.9 Å². The van der Waals surface area contributed by atoms with Crippen LogP contribution in [0, 0.1) is 5.92 Å². The van der Waals surface area contributed by atoms with Crippen molar-refractivity contribution in [2.45, 2.75) is 44.4 Å². The molecule has 0 spiro atoms. The lowest BCUT2D eigenvalue weighted by Crippen LogP contribution is -2.25. The maximum absolute atomic E-state index is 12.4. The van der Waals surface area contributed by atoms with Crippen LogP contribution in [0.2, 0.25) is 5.02 Å². The number of hydrogen-bond donors (Lipinski definition) is 2. The smallest absolute Gasteiger partial charge is 0.251 e. The molecule has 0 aromatic heterocycles. The van der Waals surface area contributed by atoms with E-state index >= 15 is 0 Å². The normalized spacial score (nSPS) is 18.2. The minimum absolute atomic E-state index is 0.0766. The van der Waals surface area contributed by atoms with Gasteiger partial charge in [-0.15, -0.1) is 12.6 Å². The highest BCUT2D eigenvalue weighted by atomic mass is 35.5. The second-order valence-corrected chi connectivity index (χ2v) is 9.02. The number of thiol groups is 1. The minimum Gasteiger partial charge on any atom is -0.493 e. The first-order valence-electron chi connectivity index (χ1n) is 10.8. The van der Waals surface area contributed by atoms with Gasteiger partial charge >= 0.3 is 0 Å². The van der Waals surface area contributed by atoms with E-state index in [9.17, 15) is 9.59 Å². The molecule has 1 fully saturated rings. The Morgan fingerprint density at radius 3 is 2.58 bits per heavy atom. The molecule has 2 aromatic rings. The second kappa shape index (κ2) is 9.96. The van der Waals surface area contributed by atoms with E-state index in [1.54, 1.807) is 36.4 Å². The fourth-order valence-corrected chi connectivity index (χ4v) is 4.80. The van der Waals surface area contributed by atoms with Gasteiger partial charge in [-0.2, -0.15) is 0 Å². The van der Waals surface area contributed by atoms with E-state index in [1.807, 2.05) is 0 Å².